The van der Waals surface area contributed by atoms with Gasteiger partial charge in [0.15, 0.2) is 0 Å². The minimum Gasteiger partial charge on any atom is -0.346 e. The molecule has 0 aromatic rings. The summed E-state index contributed by atoms with van der Waals surface area (Å²) in [5.41, 5.74) is 0. The van der Waals surface area contributed by atoms with E-state index in [0.717, 1.165) is 19.4 Å². The molecule has 2 nitrogen and oxygen atoms in total. The quantitative estimate of drug-likeness (QED) is 0.244. The van der Waals surface area contributed by atoms with Crippen molar-refractivity contribution in [2.75, 3.05) is 13.6 Å². The van der Waals surface area contributed by atoms with Crippen molar-refractivity contribution in [1.82, 2.24) is 4.90 Å². The molecule has 0 aliphatic heterocycles. The van der Waals surface area contributed by atoms with E-state index in [2.05, 4.69) is 13.8 Å². The number of hydrogen-bond donors (Lipinski definition) is 0. The normalized spacial score (nSPS) is 10.3. The average molecular weight is 356 g/mol. The predicted molar refractivity (Wildman–Crippen MR) is 114 cm³/mol. The van der Waals surface area contributed by atoms with Crippen LogP contribution >= 0.6 is 0 Å². The highest BCUT2D eigenvalue weighted by Crippen LogP contribution is 2.11. The van der Waals surface area contributed by atoms with Crippen LogP contribution in [0.25, 0.3) is 0 Å². The maximum Gasteiger partial charge on any atom is 0.222 e. The second-order valence-corrected chi connectivity index (χ2v) is 7.16. The molecule has 0 unspecified atom stereocenters. The van der Waals surface area contributed by atoms with E-state index in [4.69, 9.17) is 0 Å². The van der Waals surface area contributed by atoms with Gasteiger partial charge < -0.3 is 4.90 Å². The lowest BCUT2D eigenvalue weighted by Crippen LogP contribution is -2.27. The lowest BCUT2D eigenvalue weighted by Gasteiger charge is -2.17. The number of carbonyl (C=O) groups is 1. The van der Waals surface area contributed by atoms with Gasteiger partial charge in [0.1, 0.15) is 0 Å². The van der Waals surface area contributed by atoms with Gasteiger partial charge in [-0.1, -0.05) is 111 Å². The Morgan fingerprint density at radius 1 is 0.600 bits per heavy atom. The largest absolute Gasteiger partial charge is 0.346 e. The zero-order valence-electron chi connectivity index (χ0n) is 18.4. The van der Waals surface area contributed by atoms with Gasteiger partial charge in [-0.3, -0.25) is 4.79 Å². The molecular formula is C23H49NO. The summed E-state index contributed by atoms with van der Waals surface area (Å²) in [6.07, 6.45) is 20.5. The van der Waals surface area contributed by atoms with E-state index in [1.54, 1.807) is 0 Å². The molecule has 2 heteroatoms. The fourth-order valence-electron chi connectivity index (χ4n) is 3.03. The van der Waals surface area contributed by atoms with Crippen LogP contribution in [0, 0.1) is 0 Å². The molecule has 0 N–H and O–H groups in total. The highest BCUT2D eigenvalue weighted by molar-refractivity contribution is 5.75. The van der Waals surface area contributed by atoms with Gasteiger partial charge in [0.2, 0.25) is 5.91 Å². The monoisotopic (exact) mass is 355 g/mol. The van der Waals surface area contributed by atoms with E-state index >= 15 is 0 Å². The summed E-state index contributed by atoms with van der Waals surface area (Å²) in [7, 11) is 1.97. The fourth-order valence-corrected chi connectivity index (χ4v) is 3.03. The molecule has 1 amide bonds. The van der Waals surface area contributed by atoms with Crippen LogP contribution in [-0.4, -0.2) is 24.4 Å². The standard InChI is InChI=1S/C21H43NO.C2H6/c1-4-6-8-10-11-12-13-14-16-18-20-22(3)21(23)19-17-15-9-7-5-2;1-2/h4-20H2,1-3H3;1-2H3. The molecule has 152 valence electrons. The van der Waals surface area contributed by atoms with Crippen LogP contribution in [0.1, 0.15) is 130 Å². The Hall–Kier alpha value is -0.530. The molecule has 0 aliphatic carbocycles. The van der Waals surface area contributed by atoms with E-state index in [1.807, 2.05) is 25.8 Å². The second kappa shape index (κ2) is 23.5. The van der Waals surface area contributed by atoms with Gasteiger partial charge in [-0.05, 0) is 12.8 Å². The second-order valence-electron chi connectivity index (χ2n) is 7.16. The van der Waals surface area contributed by atoms with Crippen molar-refractivity contribution < 1.29 is 4.79 Å². The Labute approximate surface area is 160 Å². The molecular weight excluding hydrogens is 306 g/mol. The van der Waals surface area contributed by atoms with Crippen LogP contribution in [0.2, 0.25) is 0 Å². The molecule has 0 fully saturated rings. The molecule has 25 heavy (non-hydrogen) atoms. The summed E-state index contributed by atoms with van der Waals surface area (Å²) in [6.45, 7) is 9.45. The first-order valence-electron chi connectivity index (χ1n) is 11.5. The zero-order valence-corrected chi connectivity index (χ0v) is 18.4. The molecule has 0 radical (unpaired) electrons. The first-order valence-corrected chi connectivity index (χ1v) is 11.5. The van der Waals surface area contributed by atoms with Gasteiger partial charge >= 0.3 is 0 Å². The van der Waals surface area contributed by atoms with E-state index in [0.29, 0.717) is 5.91 Å². The third kappa shape index (κ3) is 21.4. The van der Waals surface area contributed by atoms with Crippen LogP contribution in [0.5, 0.6) is 0 Å². The smallest absolute Gasteiger partial charge is 0.222 e. The van der Waals surface area contributed by atoms with E-state index in [1.165, 1.54) is 89.9 Å². The Morgan fingerprint density at radius 3 is 1.40 bits per heavy atom. The van der Waals surface area contributed by atoms with Crippen molar-refractivity contribution in [1.29, 1.82) is 0 Å². The third-order valence-electron chi connectivity index (χ3n) is 4.77. The topological polar surface area (TPSA) is 20.3 Å². The van der Waals surface area contributed by atoms with Crippen molar-refractivity contribution in [3.8, 4) is 0 Å². The predicted octanol–water partition coefficient (Wildman–Crippen LogP) is 7.75. The Bertz CT molecular complexity index is 252. The first-order chi connectivity index (χ1) is 12.2. The van der Waals surface area contributed by atoms with Gasteiger partial charge in [0.05, 0.1) is 0 Å². The number of hydrogen-bond acceptors (Lipinski definition) is 1. The van der Waals surface area contributed by atoms with Gasteiger partial charge in [-0.15, -0.1) is 0 Å². The molecule has 0 aromatic carbocycles. The fraction of sp³-hybridized carbons (Fsp3) is 0.957. The molecule has 0 atom stereocenters. The van der Waals surface area contributed by atoms with E-state index in [9.17, 15) is 4.79 Å². The van der Waals surface area contributed by atoms with E-state index in [-0.39, 0.29) is 0 Å². The summed E-state index contributed by atoms with van der Waals surface area (Å²) in [6, 6.07) is 0. The first kappa shape index (κ1) is 26.7. The minimum atomic E-state index is 0.345. The third-order valence-corrected chi connectivity index (χ3v) is 4.77. The number of nitrogens with zero attached hydrogens (tertiary/aromatic N) is 1. The summed E-state index contributed by atoms with van der Waals surface area (Å²) in [5, 5.41) is 0. The summed E-state index contributed by atoms with van der Waals surface area (Å²) < 4.78 is 0. The van der Waals surface area contributed by atoms with Crippen molar-refractivity contribution in [3.63, 3.8) is 0 Å². The molecule has 0 aliphatic rings. The van der Waals surface area contributed by atoms with Crippen LogP contribution in [0.15, 0.2) is 0 Å². The van der Waals surface area contributed by atoms with Crippen molar-refractivity contribution in [2.45, 2.75) is 130 Å². The molecule has 0 bridgehead atoms. The summed E-state index contributed by atoms with van der Waals surface area (Å²) >= 11 is 0. The molecule has 0 saturated carbocycles. The molecule has 0 spiro atoms. The van der Waals surface area contributed by atoms with E-state index < -0.39 is 0 Å². The highest BCUT2D eigenvalue weighted by Gasteiger charge is 2.07. The van der Waals surface area contributed by atoms with Crippen molar-refractivity contribution >= 4 is 5.91 Å². The number of rotatable bonds is 17. The molecule has 0 aromatic heterocycles. The Balaban J connectivity index is 0. The maximum atomic E-state index is 12.0. The van der Waals surface area contributed by atoms with Gasteiger partial charge in [0.25, 0.3) is 0 Å². The summed E-state index contributed by atoms with van der Waals surface area (Å²) in [5.74, 6) is 0.345. The van der Waals surface area contributed by atoms with Crippen LogP contribution < -0.4 is 0 Å². The summed E-state index contributed by atoms with van der Waals surface area (Å²) in [4.78, 5) is 13.9. The van der Waals surface area contributed by atoms with Crippen LogP contribution in [-0.2, 0) is 4.79 Å². The van der Waals surface area contributed by atoms with Gasteiger partial charge in [-0.2, -0.15) is 0 Å². The SMILES string of the molecule is CC.CCCCCCCCCCCCN(C)C(=O)CCCCCCC. The number of amides is 1. The highest BCUT2D eigenvalue weighted by atomic mass is 16.2. The van der Waals surface area contributed by atoms with Crippen molar-refractivity contribution in [3.05, 3.63) is 0 Å². The molecule has 0 heterocycles. The van der Waals surface area contributed by atoms with Crippen LogP contribution in [0.3, 0.4) is 0 Å². The zero-order chi connectivity index (χ0) is 19.2. The lowest BCUT2D eigenvalue weighted by atomic mass is 10.1. The Morgan fingerprint density at radius 2 is 0.960 bits per heavy atom. The Kier molecular flexibility index (Phi) is 25.1. The lowest BCUT2D eigenvalue weighted by molar-refractivity contribution is -0.130. The van der Waals surface area contributed by atoms with Gasteiger partial charge in [-0.25, -0.2) is 0 Å². The minimum absolute atomic E-state index is 0.345. The van der Waals surface area contributed by atoms with Gasteiger partial charge in [0, 0.05) is 20.0 Å². The average Bonchev–Trinajstić information content (AvgIpc) is 2.64. The number of unbranched alkanes of at least 4 members (excludes halogenated alkanes) is 13. The van der Waals surface area contributed by atoms with Crippen molar-refractivity contribution in [2.24, 2.45) is 0 Å². The molecule has 0 rings (SSSR count). The van der Waals surface area contributed by atoms with Crippen LogP contribution in [0.4, 0.5) is 0 Å². The number of carbonyl (C=O) groups excluding carboxylic acids is 1. The molecule has 0 saturated heterocycles. The maximum absolute atomic E-state index is 12.0.